The van der Waals surface area contributed by atoms with Crippen molar-refractivity contribution < 1.29 is 9.72 Å². The van der Waals surface area contributed by atoms with Gasteiger partial charge in [-0.25, -0.2) is 5.84 Å². The van der Waals surface area contributed by atoms with Gasteiger partial charge in [0.25, 0.3) is 0 Å². The number of nitrogens with two attached hydrogens (primary N) is 1. The van der Waals surface area contributed by atoms with Crippen LogP contribution >= 0.6 is 15.9 Å². The van der Waals surface area contributed by atoms with Crippen LogP contribution in [0, 0.1) is 16.0 Å². The Morgan fingerprint density at radius 3 is 2.71 bits per heavy atom. The van der Waals surface area contributed by atoms with E-state index in [-0.39, 0.29) is 22.2 Å². The summed E-state index contributed by atoms with van der Waals surface area (Å²) in [5, 5.41) is 14.4. The van der Waals surface area contributed by atoms with Crippen molar-refractivity contribution in [2.45, 2.75) is 19.9 Å². The average Bonchev–Trinajstić information content (AvgIpc) is 2.68. The fourth-order valence-corrected chi connectivity index (χ4v) is 1.71. The van der Waals surface area contributed by atoms with E-state index in [1.54, 1.807) is 13.8 Å². The Labute approximate surface area is 105 Å². The predicted molar refractivity (Wildman–Crippen MR) is 62.8 cm³/mol. The van der Waals surface area contributed by atoms with E-state index in [9.17, 15) is 14.9 Å². The molecule has 1 aromatic heterocycles. The molecule has 1 rings (SSSR count). The van der Waals surface area contributed by atoms with E-state index < -0.39 is 10.8 Å². The SMILES string of the molecule is CC(C(=O)NN)C(C)n1cc(Br)c([N+](=O)[O-])n1. The lowest BCUT2D eigenvalue weighted by Crippen LogP contribution is -2.37. The van der Waals surface area contributed by atoms with Gasteiger partial charge in [0.15, 0.2) is 0 Å². The van der Waals surface area contributed by atoms with E-state index in [0.717, 1.165) is 0 Å². The van der Waals surface area contributed by atoms with Gasteiger partial charge in [0.1, 0.15) is 4.47 Å². The van der Waals surface area contributed by atoms with Crippen molar-refractivity contribution in [3.05, 3.63) is 20.8 Å². The van der Waals surface area contributed by atoms with Crippen molar-refractivity contribution in [1.82, 2.24) is 15.2 Å². The quantitative estimate of drug-likeness (QED) is 0.368. The van der Waals surface area contributed by atoms with Crippen LogP contribution in [-0.2, 0) is 4.79 Å². The highest BCUT2D eigenvalue weighted by atomic mass is 79.9. The smallest absolute Gasteiger partial charge is 0.358 e. The lowest BCUT2D eigenvalue weighted by Gasteiger charge is -2.15. The van der Waals surface area contributed by atoms with Gasteiger partial charge in [-0.1, -0.05) is 6.92 Å². The number of hydrogen-bond acceptors (Lipinski definition) is 5. The maximum Gasteiger partial charge on any atom is 0.404 e. The highest BCUT2D eigenvalue weighted by Gasteiger charge is 2.27. The first-order valence-electron chi connectivity index (χ1n) is 4.78. The molecule has 0 bridgehead atoms. The summed E-state index contributed by atoms with van der Waals surface area (Å²) in [5.41, 5.74) is 2.03. The van der Waals surface area contributed by atoms with Crippen molar-refractivity contribution in [2.75, 3.05) is 0 Å². The Hall–Kier alpha value is -1.48. The third-order valence-electron chi connectivity index (χ3n) is 2.54. The zero-order valence-corrected chi connectivity index (χ0v) is 10.8. The lowest BCUT2D eigenvalue weighted by atomic mass is 10.0. The molecule has 0 saturated carbocycles. The fourth-order valence-electron chi connectivity index (χ4n) is 1.27. The van der Waals surface area contributed by atoms with Gasteiger partial charge in [-0.2, -0.15) is 4.68 Å². The number of carbonyl (C=O) groups is 1. The first-order valence-corrected chi connectivity index (χ1v) is 5.57. The molecular formula is C8H12BrN5O3. The van der Waals surface area contributed by atoms with Crippen molar-refractivity contribution in [3.8, 4) is 0 Å². The van der Waals surface area contributed by atoms with Gasteiger partial charge >= 0.3 is 5.82 Å². The molecule has 0 aliphatic rings. The molecule has 9 heteroatoms. The third kappa shape index (κ3) is 2.80. The van der Waals surface area contributed by atoms with Crippen molar-refractivity contribution in [3.63, 3.8) is 0 Å². The number of halogens is 1. The minimum atomic E-state index is -0.596. The molecule has 0 aromatic carbocycles. The number of rotatable bonds is 4. The van der Waals surface area contributed by atoms with Crippen LogP contribution in [0.5, 0.6) is 0 Å². The van der Waals surface area contributed by atoms with E-state index in [1.165, 1.54) is 10.9 Å². The maximum absolute atomic E-state index is 11.3. The van der Waals surface area contributed by atoms with Gasteiger partial charge in [-0.05, 0) is 27.8 Å². The molecule has 0 radical (unpaired) electrons. The van der Waals surface area contributed by atoms with Crippen LogP contribution in [0.2, 0.25) is 0 Å². The van der Waals surface area contributed by atoms with Crippen LogP contribution in [0.25, 0.3) is 0 Å². The van der Waals surface area contributed by atoms with Gasteiger partial charge in [-0.3, -0.25) is 10.2 Å². The first-order chi connectivity index (χ1) is 7.88. The molecule has 1 amide bonds. The Morgan fingerprint density at radius 2 is 2.29 bits per heavy atom. The van der Waals surface area contributed by atoms with E-state index in [2.05, 4.69) is 21.0 Å². The summed E-state index contributed by atoms with van der Waals surface area (Å²) in [4.78, 5) is 21.4. The van der Waals surface area contributed by atoms with Crippen LogP contribution < -0.4 is 11.3 Å². The Bertz CT molecular complexity index is 446. The second-order valence-electron chi connectivity index (χ2n) is 3.58. The highest BCUT2D eigenvalue weighted by molar-refractivity contribution is 9.10. The summed E-state index contributed by atoms with van der Waals surface area (Å²) in [6, 6.07) is -0.344. The number of carbonyl (C=O) groups excluding carboxylic acids is 1. The van der Waals surface area contributed by atoms with Crippen LogP contribution in [0.15, 0.2) is 10.7 Å². The number of nitrogens with zero attached hydrogens (tertiary/aromatic N) is 3. The second kappa shape index (κ2) is 5.23. The molecule has 17 heavy (non-hydrogen) atoms. The summed E-state index contributed by atoms with van der Waals surface area (Å²) in [6.45, 7) is 3.39. The zero-order valence-electron chi connectivity index (χ0n) is 9.25. The largest absolute Gasteiger partial charge is 0.404 e. The van der Waals surface area contributed by atoms with E-state index >= 15 is 0 Å². The maximum atomic E-state index is 11.3. The molecule has 2 atom stereocenters. The van der Waals surface area contributed by atoms with Crippen LogP contribution in [0.3, 0.4) is 0 Å². The Kier molecular flexibility index (Phi) is 4.18. The molecule has 3 N–H and O–H groups in total. The monoisotopic (exact) mass is 305 g/mol. The van der Waals surface area contributed by atoms with Gasteiger partial charge in [0.2, 0.25) is 5.91 Å². The normalized spacial score (nSPS) is 14.1. The Balaban J connectivity index is 2.97. The molecule has 1 aromatic rings. The number of hydrogen-bond donors (Lipinski definition) is 2. The first kappa shape index (κ1) is 13.6. The standard InChI is InChI=1S/C8H12BrN5O3/c1-4(8(15)11-10)5(2)13-3-6(9)7(12-13)14(16)17/h3-5H,10H2,1-2H3,(H,11,15). The van der Waals surface area contributed by atoms with E-state index in [1.807, 2.05) is 5.43 Å². The van der Waals surface area contributed by atoms with Gasteiger partial charge in [0.05, 0.1) is 23.3 Å². The topological polar surface area (TPSA) is 116 Å². The molecule has 1 heterocycles. The van der Waals surface area contributed by atoms with Crippen molar-refractivity contribution in [2.24, 2.45) is 11.8 Å². The second-order valence-corrected chi connectivity index (χ2v) is 4.43. The minimum Gasteiger partial charge on any atom is -0.358 e. The van der Waals surface area contributed by atoms with Crippen LogP contribution in [0.4, 0.5) is 5.82 Å². The molecule has 2 unspecified atom stereocenters. The molecule has 8 nitrogen and oxygen atoms in total. The lowest BCUT2D eigenvalue weighted by molar-refractivity contribution is -0.390. The third-order valence-corrected chi connectivity index (χ3v) is 3.10. The molecule has 0 saturated heterocycles. The number of nitrogens with one attached hydrogen (secondary N) is 1. The zero-order chi connectivity index (χ0) is 13.2. The summed E-state index contributed by atoms with van der Waals surface area (Å²) < 4.78 is 1.64. The predicted octanol–water partition coefficient (Wildman–Crippen LogP) is 0.741. The number of aromatic nitrogens is 2. The number of nitro groups is 1. The van der Waals surface area contributed by atoms with Gasteiger partial charge < -0.3 is 10.1 Å². The number of hydrazine groups is 1. The molecule has 94 valence electrons. The average molecular weight is 306 g/mol. The minimum absolute atomic E-state index is 0.273. The molecular weight excluding hydrogens is 294 g/mol. The molecule has 0 spiro atoms. The summed E-state index contributed by atoms with van der Waals surface area (Å²) in [6.07, 6.45) is 1.46. The van der Waals surface area contributed by atoms with Crippen LogP contribution in [-0.4, -0.2) is 20.6 Å². The van der Waals surface area contributed by atoms with Gasteiger partial charge in [0, 0.05) is 0 Å². The van der Waals surface area contributed by atoms with Crippen molar-refractivity contribution >= 4 is 27.7 Å². The highest BCUT2D eigenvalue weighted by Crippen LogP contribution is 2.26. The van der Waals surface area contributed by atoms with E-state index in [4.69, 9.17) is 5.84 Å². The molecule has 0 fully saturated rings. The van der Waals surface area contributed by atoms with Gasteiger partial charge in [-0.15, -0.1) is 0 Å². The Morgan fingerprint density at radius 1 is 1.71 bits per heavy atom. The summed E-state index contributed by atoms with van der Waals surface area (Å²) in [7, 11) is 0. The van der Waals surface area contributed by atoms with Crippen LogP contribution in [0.1, 0.15) is 19.9 Å². The van der Waals surface area contributed by atoms with E-state index in [0.29, 0.717) is 0 Å². The van der Waals surface area contributed by atoms with Crippen molar-refractivity contribution in [1.29, 1.82) is 0 Å². The number of amides is 1. The fraction of sp³-hybridized carbons (Fsp3) is 0.500. The summed E-state index contributed by atoms with van der Waals surface area (Å²) in [5.74, 6) is 3.94. The molecule has 0 aliphatic heterocycles. The molecule has 0 aliphatic carbocycles. The summed E-state index contributed by atoms with van der Waals surface area (Å²) >= 11 is 3.04.